The maximum Gasteiger partial charge on any atom is 0.321 e. The summed E-state index contributed by atoms with van der Waals surface area (Å²) in [7, 11) is -1.66. The number of carbonyl (C=O) groups is 1. The summed E-state index contributed by atoms with van der Waals surface area (Å²) in [5, 5.41) is 2.91. The van der Waals surface area contributed by atoms with Crippen molar-refractivity contribution in [3.63, 3.8) is 0 Å². The molecule has 0 unspecified atom stereocenters. The quantitative estimate of drug-likeness (QED) is 0.627. The third-order valence-corrected chi connectivity index (χ3v) is 5.78. The van der Waals surface area contributed by atoms with Crippen LogP contribution in [0, 0.1) is 0 Å². The van der Waals surface area contributed by atoms with Crippen molar-refractivity contribution in [3.05, 3.63) is 53.1 Å². The predicted molar refractivity (Wildman–Crippen MR) is 131 cm³/mol. The molecule has 8 heteroatoms. The molecule has 2 N–H and O–H groups in total. The number of amides is 2. The van der Waals surface area contributed by atoms with Gasteiger partial charge in [0.2, 0.25) is 10.0 Å². The lowest BCUT2D eigenvalue weighted by atomic mass is 9.84. The van der Waals surface area contributed by atoms with Gasteiger partial charge < -0.3 is 10.1 Å². The van der Waals surface area contributed by atoms with E-state index in [4.69, 9.17) is 4.74 Å². The van der Waals surface area contributed by atoms with Crippen molar-refractivity contribution in [1.82, 2.24) is 5.32 Å². The Hall–Kier alpha value is -3.00. The van der Waals surface area contributed by atoms with E-state index in [9.17, 15) is 13.2 Å². The fourth-order valence-corrected chi connectivity index (χ4v) is 4.20. The summed E-state index contributed by atoms with van der Waals surface area (Å²) in [5.74, 6) is 0.769. The van der Waals surface area contributed by atoms with E-state index in [1.807, 2.05) is 36.4 Å². The van der Waals surface area contributed by atoms with Crippen LogP contribution < -0.4 is 19.7 Å². The van der Waals surface area contributed by atoms with E-state index in [2.05, 4.69) is 30.8 Å². The van der Waals surface area contributed by atoms with Gasteiger partial charge in [0, 0.05) is 35.6 Å². The molecule has 1 aliphatic heterocycles. The average Bonchev–Trinajstić information content (AvgIpc) is 2.71. The molecule has 2 aromatic carbocycles. The van der Waals surface area contributed by atoms with E-state index >= 15 is 0 Å². The average molecular weight is 458 g/mol. The topological polar surface area (TPSA) is 87.7 Å². The van der Waals surface area contributed by atoms with Crippen LogP contribution in [-0.4, -0.2) is 40.9 Å². The van der Waals surface area contributed by atoms with E-state index in [0.29, 0.717) is 18.8 Å². The third-order valence-electron chi connectivity index (χ3n) is 5.18. The van der Waals surface area contributed by atoms with Crippen molar-refractivity contribution in [1.29, 1.82) is 0 Å². The van der Waals surface area contributed by atoms with Gasteiger partial charge >= 0.3 is 6.03 Å². The van der Waals surface area contributed by atoms with Gasteiger partial charge in [0.15, 0.2) is 0 Å². The Bertz CT molecular complexity index is 1120. The molecule has 0 aromatic heterocycles. The Balaban J connectivity index is 2.00. The Morgan fingerprint density at radius 2 is 1.81 bits per heavy atom. The van der Waals surface area contributed by atoms with E-state index in [1.54, 1.807) is 24.1 Å². The van der Waals surface area contributed by atoms with Gasteiger partial charge in [-0.3, -0.25) is 9.62 Å². The highest BCUT2D eigenvalue weighted by Gasteiger charge is 2.26. The Kier molecular flexibility index (Phi) is 6.83. The number of methoxy groups -OCH3 is 1. The molecule has 32 heavy (non-hydrogen) atoms. The number of urea groups is 1. The van der Waals surface area contributed by atoms with Crippen LogP contribution >= 0.6 is 0 Å². The van der Waals surface area contributed by atoms with Gasteiger partial charge in [-0.15, -0.1) is 0 Å². The summed E-state index contributed by atoms with van der Waals surface area (Å²) in [6, 6.07) is 11.0. The second kappa shape index (κ2) is 9.24. The molecule has 2 aromatic rings. The van der Waals surface area contributed by atoms with Gasteiger partial charge in [0.05, 0.1) is 13.4 Å². The number of nitrogens with one attached hydrogen (secondary N) is 2. The number of hydrogen-bond donors (Lipinski definition) is 2. The molecule has 1 fully saturated rings. The lowest BCUT2D eigenvalue weighted by molar-refractivity contribution is 0.243. The first-order valence-corrected chi connectivity index (χ1v) is 12.4. The first-order valence-electron chi connectivity index (χ1n) is 10.5. The van der Waals surface area contributed by atoms with Crippen LogP contribution in [0.15, 0.2) is 36.4 Å². The summed E-state index contributed by atoms with van der Waals surface area (Å²) in [5.41, 5.74) is 3.95. The molecule has 1 heterocycles. The molecule has 1 saturated heterocycles. The second-order valence-electron chi connectivity index (χ2n) is 8.93. The monoisotopic (exact) mass is 457 g/mol. The molecule has 1 aliphatic rings. The van der Waals surface area contributed by atoms with Crippen LogP contribution in [0.25, 0.3) is 12.2 Å². The fraction of sp³-hybridized carbons (Fsp3) is 0.375. The van der Waals surface area contributed by atoms with Crippen molar-refractivity contribution in [3.8, 4) is 5.75 Å². The smallest absolute Gasteiger partial charge is 0.321 e. The number of carbonyl (C=O) groups excluding carboxylic acids is 1. The van der Waals surface area contributed by atoms with Crippen molar-refractivity contribution in [2.75, 3.05) is 36.1 Å². The molecule has 2 amide bonds. The number of hydrogen-bond acceptors (Lipinski definition) is 4. The SMILES string of the molecule is COc1c(C=Cc2ccc(NS(C)(=O)=O)cc2)cc(N2CCCNC2=O)cc1C(C)(C)C. The van der Waals surface area contributed by atoms with Crippen molar-refractivity contribution >= 4 is 39.6 Å². The van der Waals surface area contributed by atoms with Crippen molar-refractivity contribution in [2.45, 2.75) is 32.6 Å². The minimum atomic E-state index is -3.31. The first-order chi connectivity index (χ1) is 15.0. The number of anilines is 2. The van der Waals surface area contributed by atoms with E-state index in [1.165, 1.54) is 0 Å². The van der Waals surface area contributed by atoms with Gasteiger partial charge in [-0.1, -0.05) is 45.1 Å². The molecule has 7 nitrogen and oxygen atoms in total. The Morgan fingerprint density at radius 1 is 1.12 bits per heavy atom. The molecule has 0 bridgehead atoms. The van der Waals surface area contributed by atoms with Crippen LogP contribution in [0.4, 0.5) is 16.2 Å². The van der Waals surface area contributed by atoms with Crippen molar-refractivity contribution < 1.29 is 17.9 Å². The second-order valence-corrected chi connectivity index (χ2v) is 10.7. The minimum Gasteiger partial charge on any atom is -0.496 e. The lowest BCUT2D eigenvalue weighted by Crippen LogP contribution is -2.46. The van der Waals surface area contributed by atoms with Gasteiger partial charge in [0.1, 0.15) is 5.75 Å². The molecule has 0 radical (unpaired) electrons. The minimum absolute atomic E-state index is 0.0924. The highest BCUT2D eigenvalue weighted by Crippen LogP contribution is 2.39. The van der Waals surface area contributed by atoms with Gasteiger partial charge in [0.25, 0.3) is 0 Å². The standard InChI is InChI=1S/C24H31N3O4S/c1-24(2,3)21-16-20(27-14-6-13-25-23(27)28)15-18(22(21)31-4)10-7-17-8-11-19(12-9-17)26-32(5,29)30/h7-12,15-16,26H,6,13-14H2,1-5H3,(H,25,28). The van der Waals surface area contributed by atoms with E-state index in [0.717, 1.165) is 40.8 Å². The van der Waals surface area contributed by atoms with Crippen LogP contribution in [0.2, 0.25) is 0 Å². The molecule has 0 spiro atoms. The highest BCUT2D eigenvalue weighted by molar-refractivity contribution is 7.92. The third kappa shape index (κ3) is 5.82. The van der Waals surface area contributed by atoms with E-state index in [-0.39, 0.29) is 11.4 Å². The molecular weight excluding hydrogens is 426 g/mol. The maximum atomic E-state index is 12.4. The summed E-state index contributed by atoms with van der Waals surface area (Å²) >= 11 is 0. The fourth-order valence-electron chi connectivity index (χ4n) is 3.64. The Labute approximate surface area is 190 Å². The largest absolute Gasteiger partial charge is 0.496 e. The molecule has 0 atom stereocenters. The van der Waals surface area contributed by atoms with Crippen LogP contribution in [0.3, 0.4) is 0 Å². The normalized spacial score (nSPS) is 15.0. The number of rotatable bonds is 6. The van der Waals surface area contributed by atoms with Crippen LogP contribution in [0.5, 0.6) is 5.75 Å². The summed E-state index contributed by atoms with van der Waals surface area (Å²) < 4.78 is 31.0. The maximum absolute atomic E-state index is 12.4. The molecular formula is C24H31N3O4S. The molecule has 0 aliphatic carbocycles. The first kappa shape index (κ1) is 23.7. The zero-order valence-corrected chi connectivity index (χ0v) is 20.0. The summed E-state index contributed by atoms with van der Waals surface area (Å²) in [6.07, 6.45) is 5.91. The predicted octanol–water partition coefficient (Wildman–Crippen LogP) is 4.45. The number of sulfonamides is 1. The number of ether oxygens (including phenoxy) is 1. The highest BCUT2D eigenvalue weighted by atomic mass is 32.2. The molecule has 172 valence electrons. The van der Waals surface area contributed by atoms with Crippen molar-refractivity contribution in [2.24, 2.45) is 0 Å². The van der Waals surface area contributed by atoms with Gasteiger partial charge in [-0.2, -0.15) is 0 Å². The Morgan fingerprint density at radius 3 is 2.38 bits per heavy atom. The van der Waals surface area contributed by atoms with Crippen LogP contribution in [0.1, 0.15) is 43.9 Å². The molecule has 0 saturated carbocycles. The zero-order valence-electron chi connectivity index (χ0n) is 19.2. The lowest BCUT2D eigenvalue weighted by Gasteiger charge is -2.31. The summed E-state index contributed by atoms with van der Waals surface area (Å²) in [4.78, 5) is 14.2. The van der Waals surface area contributed by atoms with E-state index < -0.39 is 10.0 Å². The zero-order chi connectivity index (χ0) is 23.5. The number of benzene rings is 2. The molecule has 3 rings (SSSR count). The van der Waals surface area contributed by atoms with Crippen LogP contribution in [-0.2, 0) is 15.4 Å². The van der Waals surface area contributed by atoms with Gasteiger partial charge in [-0.05, 0) is 41.7 Å². The summed E-state index contributed by atoms with van der Waals surface area (Å²) in [6.45, 7) is 7.71. The van der Waals surface area contributed by atoms with Gasteiger partial charge in [-0.25, -0.2) is 13.2 Å². The number of nitrogens with zero attached hydrogens (tertiary/aromatic N) is 1.